The zero-order valence-corrected chi connectivity index (χ0v) is 8.64. The van der Waals surface area contributed by atoms with Gasteiger partial charge in [0.25, 0.3) is 0 Å². The lowest BCUT2D eigenvalue weighted by Gasteiger charge is -2.41. The van der Waals surface area contributed by atoms with Gasteiger partial charge in [-0.1, -0.05) is 0 Å². The molecule has 1 fully saturated rings. The summed E-state index contributed by atoms with van der Waals surface area (Å²) in [7, 11) is 0. The van der Waals surface area contributed by atoms with Gasteiger partial charge in [-0.2, -0.15) is 5.10 Å². The molecule has 1 aliphatic rings. The standard InChI is InChI=1S/C10H17N3O/c1-7-5-9(14)6-8(2)13(7)10-3-4-11-12-10/h3-4,7-9,14H,5-6H2,1-2H3,(H,11,12). The minimum atomic E-state index is -0.157. The summed E-state index contributed by atoms with van der Waals surface area (Å²) in [5.74, 6) is 0.983. The van der Waals surface area contributed by atoms with E-state index < -0.39 is 0 Å². The number of aliphatic hydroxyl groups excluding tert-OH is 1. The number of hydrogen-bond acceptors (Lipinski definition) is 3. The summed E-state index contributed by atoms with van der Waals surface area (Å²) in [6.45, 7) is 4.26. The second-order valence-corrected chi connectivity index (χ2v) is 4.16. The number of nitrogens with one attached hydrogen (secondary N) is 1. The fourth-order valence-corrected chi connectivity index (χ4v) is 2.39. The molecule has 2 N–H and O–H groups in total. The monoisotopic (exact) mass is 195 g/mol. The molecule has 2 rings (SSSR count). The molecule has 1 aromatic heterocycles. The average Bonchev–Trinajstić information content (AvgIpc) is 2.54. The van der Waals surface area contributed by atoms with Crippen LogP contribution in [0.1, 0.15) is 26.7 Å². The number of H-pyrrole nitrogens is 1. The molecule has 1 saturated heterocycles. The Hall–Kier alpha value is -1.03. The van der Waals surface area contributed by atoms with E-state index in [9.17, 15) is 5.11 Å². The summed E-state index contributed by atoms with van der Waals surface area (Å²) in [6.07, 6.45) is 3.34. The van der Waals surface area contributed by atoms with Crippen LogP contribution < -0.4 is 4.90 Å². The van der Waals surface area contributed by atoms with Crippen LogP contribution in [0.5, 0.6) is 0 Å². The molecule has 78 valence electrons. The lowest BCUT2D eigenvalue weighted by molar-refractivity contribution is 0.116. The molecule has 0 aromatic carbocycles. The molecular formula is C10H17N3O. The molecule has 0 bridgehead atoms. The van der Waals surface area contributed by atoms with E-state index in [4.69, 9.17) is 0 Å². The molecule has 4 nitrogen and oxygen atoms in total. The van der Waals surface area contributed by atoms with Crippen LogP contribution in [-0.2, 0) is 0 Å². The van der Waals surface area contributed by atoms with Gasteiger partial charge in [0, 0.05) is 24.3 Å². The van der Waals surface area contributed by atoms with Crippen molar-refractivity contribution in [3.05, 3.63) is 12.3 Å². The van der Waals surface area contributed by atoms with E-state index in [0.29, 0.717) is 12.1 Å². The Labute approximate surface area is 83.9 Å². The number of piperidine rings is 1. The first-order chi connectivity index (χ1) is 6.68. The van der Waals surface area contributed by atoms with Gasteiger partial charge in [0.15, 0.2) is 5.82 Å². The zero-order chi connectivity index (χ0) is 10.1. The Kier molecular flexibility index (Phi) is 2.46. The highest BCUT2D eigenvalue weighted by atomic mass is 16.3. The maximum absolute atomic E-state index is 9.61. The SMILES string of the molecule is CC1CC(O)CC(C)N1c1cc[nH]n1. The number of anilines is 1. The normalized spacial score (nSPS) is 33.4. The largest absolute Gasteiger partial charge is 0.393 e. The summed E-state index contributed by atoms with van der Waals surface area (Å²) in [5, 5.41) is 16.6. The Morgan fingerprint density at radius 1 is 1.43 bits per heavy atom. The Morgan fingerprint density at radius 3 is 2.57 bits per heavy atom. The van der Waals surface area contributed by atoms with Gasteiger partial charge < -0.3 is 10.0 Å². The molecule has 0 radical (unpaired) electrons. The minimum Gasteiger partial charge on any atom is -0.393 e. The maximum atomic E-state index is 9.61. The van der Waals surface area contributed by atoms with E-state index >= 15 is 0 Å². The predicted octanol–water partition coefficient (Wildman–Crippen LogP) is 1.15. The van der Waals surface area contributed by atoms with Gasteiger partial charge in [-0.3, -0.25) is 5.10 Å². The van der Waals surface area contributed by atoms with Gasteiger partial charge in [-0.05, 0) is 26.7 Å². The third-order valence-corrected chi connectivity index (χ3v) is 2.93. The van der Waals surface area contributed by atoms with Crippen molar-refractivity contribution in [1.82, 2.24) is 10.2 Å². The summed E-state index contributed by atoms with van der Waals surface area (Å²) in [4.78, 5) is 2.27. The average molecular weight is 195 g/mol. The first-order valence-electron chi connectivity index (χ1n) is 5.14. The number of hydrogen-bond donors (Lipinski definition) is 2. The fraction of sp³-hybridized carbons (Fsp3) is 0.700. The highest BCUT2D eigenvalue weighted by Gasteiger charge is 2.30. The van der Waals surface area contributed by atoms with Gasteiger partial charge >= 0.3 is 0 Å². The molecular weight excluding hydrogens is 178 g/mol. The summed E-state index contributed by atoms with van der Waals surface area (Å²) >= 11 is 0. The Balaban J connectivity index is 2.18. The van der Waals surface area contributed by atoms with Gasteiger partial charge in [-0.25, -0.2) is 0 Å². The highest BCUT2D eigenvalue weighted by molar-refractivity contribution is 5.40. The van der Waals surface area contributed by atoms with Crippen molar-refractivity contribution in [2.45, 2.75) is 44.9 Å². The van der Waals surface area contributed by atoms with Crippen LogP contribution in [0, 0.1) is 0 Å². The first-order valence-corrected chi connectivity index (χ1v) is 5.14. The van der Waals surface area contributed by atoms with E-state index in [1.807, 2.05) is 12.3 Å². The lowest BCUT2D eigenvalue weighted by atomic mass is 9.95. The van der Waals surface area contributed by atoms with Gasteiger partial charge in [-0.15, -0.1) is 0 Å². The van der Waals surface area contributed by atoms with E-state index in [-0.39, 0.29) is 6.10 Å². The van der Waals surface area contributed by atoms with Gasteiger partial charge in [0.05, 0.1) is 6.10 Å². The number of nitrogens with zero attached hydrogens (tertiary/aromatic N) is 2. The molecule has 0 aliphatic carbocycles. The third-order valence-electron chi connectivity index (χ3n) is 2.93. The van der Waals surface area contributed by atoms with E-state index in [1.54, 1.807) is 0 Å². The smallest absolute Gasteiger partial charge is 0.150 e. The van der Waals surface area contributed by atoms with Crippen LogP contribution in [0.2, 0.25) is 0 Å². The second-order valence-electron chi connectivity index (χ2n) is 4.16. The van der Waals surface area contributed by atoms with Crippen molar-refractivity contribution in [3.8, 4) is 0 Å². The van der Waals surface area contributed by atoms with Crippen molar-refractivity contribution in [2.24, 2.45) is 0 Å². The Morgan fingerprint density at radius 2 is 2.07 bits per heavy atom. The molecule has 4 heteroatoms. The number of aromatic nitrogens is 2. The van der Waals surface area contributed by atoms with Crippen LogP contribution in [-0.4, -0.2) is 33.5 Å². The summed E-state index contributed by atoms with van der Waals surface area (Å²) in [5.41, 5.74) is 0. The third kappa shape index (κ3) is 1.62. The summed E-state index contributed by atoms with van der Waals surface area (Å²) in [6, 6.07) is 2.69. The maximum Gasteiger partial charge on any atom is 0.150 e. The van der Waals surface area contributed by atoms with E-state index in [2.05, 4.69) is 28.9 Å². The summed E-state index contributed by atoms with van der Waals surface area (Å²) < 4.78 is 0. The molecule has 2 heterocycles. The Bertz CT molecular complexity index is 274. The molecule has 0 amide bonds. The number of aliphatic hydroxyl groups is 1. The topological polar surface area (TPSA) is 52.1 Å². The molecule has 0 saturated carbocycles. The van der Waals surface area contributed by atoms with Crippen LogP contribution in [0.25, 0.3) is 0 Å². The van der Waals surface area contributed by atoms with Crippen molar-refractivity contribution in [2.75, 3.05) is 4.90 Å². The first kappa shape index (κ1) is 9.52. The number of aromatic amines is 1. The van der Waals surface area contributed by atoms with E-state index in [0.717, 1.165) is 18.7 Å². The van der Waals surface area contributed by atoms with Gasteiger partial charge in [0.2, 0.25) is 0 Å². The van der Waals surface area contributed by atoms with Crippen LogP contribution >= 0.6 is 0 Å². The fourth-order valence-electron chi connectivity index (χ4n) is 2.39. The molecule has 0 spiro atoms. The molecule has 14 heavy (non-hydrogen) atoms. The lowest BCUT2D eigenvalue weighted by Crippen LogP contribution is -2.48. The molecule has 1 aromatic rings. The van der Waals surface area contributed by atoms with E-state index in [1.165, 1.54) is 0 Å². The van der Waals surface area contributed by atoms with Crippen LogP contribution in [0.4, 0.5) is 5.82 Å². The minimum absolute atomic E-state index is 0.157. The predicted molar refractivity (Wildman–Crippen MR) is 55.2 cm³/mol. The van der Waals surface area contributed by atoms with Crippen molar-refractivity contribution < 1.29 is 5.11 Å². The van der Waals surface area contributed by atoms with Crippen molar-refractivity contribution >= 4 is 5.82 Å². The number of rotatable bonds is 1. The van der Waals surface area contributed by atoms with Crippen LogP contribution in [0.15, 0.2) is 12.3 Å². The molecule has 2 unspecified atom stereocenters. The van der Waals surface area contributed by atoms with Crippen molar-refractivity contribution in [3.63, 3.8) is 0 Å². The second kappa shape index (κ2) is 3.61. The van der Waals surface area contributed by atoms with Crippen LogP contribution in [0.3, 0.4) is 0 Å². The highest BCUT2D eigenvalue weighted by Crippen LogP contribution is 2.27. The van der Waals surface area contributed by atoms with Crippen molar-refractivity contribution in [1.29, 1.82) is 0 Å². The quantitative estimate of drug-likeness (QED) is 0.706. The van der Waals surface area contributed by atoms with Gasteiger partial charge in [0.1, 0.15) is 0 Å². The molecule has 2 atom stereocenters. The zero-order valence-electron chi connectivity index (χ0n) is 8.64. The molecule has 1 aliphatic heterocycles.